The molecular formula is C8H19NO2. The molecule has 0 aliphatic carbocycles. The van der Waals surface area contributed by atoms with E-state index in [0.717, 1.165) is 26.2 Å². The van der Waals surface area contributed by atoms with Crippen molar-refractivity contribution >= 4 is 0 Å². The second-order valence-electron chi connectivity index (χ2n) is 2.59. The van der Waals surface area contributed by atoms with Gasteiger partial charge in [0.15, 0.2) is 0 Å². The van der Waals surface area contributed by atoms with E-state index in [1.54, 1.807) is 0 Å². The standard InChI is InChI=1S/C8H19NO2/c1-3-11-6-4-5-9-8(2)7-10/h8-10H,3-7H2,1-2H3. The Morgan fingerprint density at radius 1 is 1.55 bits per heavy atom. The van der Waals surface area contributed by atoms with Gasteiger partial charge in [-0.25, -0.2) is 0 Å². The van der Waals surface area contributed by atoms with Crippen molar-refractivity contribution in [1.82, 2.24) is 5.32 Å². The minimum absolute atomic E-state index is 0.203. The number of aliphatic hydroxyl groups excluding tert-OH is 1. The molecule has 0 heterocycles. The Hall–Kier alpha value is -0.120. The van der Waals surface area contributed by atoms with E-state index in [1.165, 1.54) is 0 Å². The molecule has 3 heteroatoms. The summed E-state index contributed by atoms with van der Waals surface area (Å²) < 4.78 is 5.15. The number of ether oxygens (including phenoxy) is 1. The Labute approximate surface area is 68.8 Å². The summed E-state index contributed by atoms with van der Waals surface area (Å²) in [6.45, 7) is 6.66. The summed E-state index contributed by atoms with van der Waals surface area (Å²) in [4.78, 5) is 0. The predicted octanol–water partition coefficient (Wildman–Crippen LogP) is 0.383. The van der Waals surface area contributed by atoms with Gasteiger partial charge in [-0.05, 0) is 26.8 Å². The van der Waals surface area contributed by atoms with Gasteiger partial charge in [-0.3, -0.25) is 0 Å². The summed E-state index contributed by atoms with van der Waals surface area (Å²) >= 11 is 0. The van der Waals surface area contributed by atoms with Gasteiger partial charge < -0.3 is 15.2 Å². The van der Waals surface area contributed by atoms with Gasteiger partial charge in [0.25, 0.3) is 0 Å². The van der Waals surface area contributed by atoms with Crippen molar-refractivity contribution in [3.8, 4) is 0 Å². The molecule has 0 aromatic carbocycles. The molecule has 0 saturated heterocycles. The molecule has 1 atom stereocenters. The highest BCUT2D eigenvalue weighted by Gasteiger charge is 1.95. The lowest BCUT2D eigenvalue weighted by Crippen LogP contribution is -2.30. The first-order valence-electron chi connectivity index (χ1n) is 4.23. The van der Waals surface area contributed by atoms with Crippen LogP contribution < -0.4 is 5.32 Å². The minimum atomic E-state index is 0.203. The number of hydrogen-bond acceptors (Lipinski definition) is 3. The van der Waals surface area contributed by atoms with Gasteiger partial charge in [-0.1, -0.05) is 0 Å². The quantitative estimate of drug-likeness (QED) is 0.530. The van der Waals surface area contributed by atoms with Crippen LogP contribution in [0.2, 0.25) is 0 Å². The zero-order chi connectivity index (χ0) is 8.53. The third-order valence-corrected chi connectivity index (χ3v) is 1.44. The van der Waals surface area contributed by atoms with E-state index in [1.807, 2.05) is 13.8 Å². The van der Waals surface area contributed by atoms with Gasteiger partial charge in [0.1, 0.15) is 0 Å². The first-order valence-corrected chi connectivity index (χ1v) is 4.23. The van der Waals surface area contributed by atoms with E-state index < -0.39 is 0 Å². The summed E-state index contributed by atoms with van der Waals surface area (Å²) in [6.07, 6.45) is 1.01. The number of hydrogen-bond donors (Lipinski definition) is 2. The lowest BCUT2D eigenvalue weighted by atomic mass is 10.3. The molecule has 0 spiro atoms. The molecule has 68 valence electrons. The fourth-order valence-corrected chi connectivity index (χ4v) is 0.732. The van der Waals surface area contributed by atoms with Gasteiger partial charge in [-0.15, -0.1) is 0 Å². The molecule has 0 fully saturated rings. The van der Waals surface area contributed by atoms with E-state index in [4.69, 9.17) is 9.84 Å². The van der Waals surface area contributed by atoms with Crippen LogP contribution >= 0.6 is 0 Å². The zero-order valence-corrected chi connectivity index (χ0v) is 7.47. The van der Waals surface area contributed by atoms with Crippen molar-refractivity contribution in [3.05, 3.63) is 0 Å². The first-order chi connectivity index (χ1) is 5.31. The molecule has 0 amide bonds. The van der Waals surface area contributed by atoms with E-state index >= 15 is 0 Å². The highest BCUT2D eigenvalue weighted by Crippen LogP contribution is 1.82. The molecule has 0 bridgehead atoms. The average Bonchev–Trinajstić information content (AvgIpc) is 2.04. The van der Waals surface area contributed by atoms with Crippen LogP contribution in [0.3, 0.4) is 0 Å². The zero-order valence-electron chi connectivity index (χ0n) is 7.47. The van der Waals surface area contributed by atoms with Crippen LogP contribution in [0.15, 0.2) is 0 Å². The number of aliphatic hydroxyl groups is 1. The predicted molar refractivity (Wildman–Crippen MR) is 45.7 cm³/mol. The Morgan fingerprint density at radius 3 is 2.82 bits per heavy atom. The third-order valence-electron chi connectivity index (χ3n) is 1.44. The molecule has 3 nitrogen and oxygen atoms in total. The van der Waals surface area contributed by atoms with Crippen LogP contribution in [-0.4, -0.2) is 37.5 Å². The van der Waals surface area contributed by atoms with Crippen molar-refractivity contribution < 1.29 is 9.84 Å². The van der Waals surface area contributed by atoms with Gasteiger partial charge in [0.05, 0.1) is 6.61 Å². The molecule has 0 aromatic heterocycles. The molecule has 0 aromatic rings. The average molecular weight is 161 g/mol. The normalized spacial score (nSPS) is 13.4. The fourth-order valence-electron chi connectivity index (χ4n) is 0.732. The molecule has 0 aliphatic heterocycles. The largest absolute Gasteiger partial charge is 0.395 e. The Balaban J connectivity index is 2.89. The maximum Gasteiger partial charge on any atom is 0.0581 e. The highest BCUT2D eigenvalue weighted by atomic mass is 16.5. The summed E-state index contributed by atoms with van der Waals surface area (Å²) in [6, 6.07) is 0.205. The van der Waals surface area contributed by atoms with Crippen molar-refractivity contribution in [3.63, 3.8) is 0 Å². The lowest BCUT2D eigenvalue weighted by molar-refractivity contribution is 0.143. The van der Waals surface area contributed by atoms with Gasteiger partial charge >= 0.3 is 0 Å². The van der Waals surface area contributed by atoms with E-state index in [2.05, 4.69) is 5.32 Å². The summed E-state index contributed by atoms with van der Waals surface area (Å²) in [5, 5.41) is 11.8. The van der Waals surface area contributed by atoms with Crippen molar-refractivity contribution in [2.45, 2.75) is 26.3 Å². The van der Waals surface area contributed by atoms with Crippen molar-refractivity contribution in [2.24, 2.45) is 0 Å². The molecule has 0 aliphatic rings. The molecule has 0 radical (unpaired) electrons. The molecule has 0 saturated carbocycles. The summed E-state index contributed by atoms with van der Waals surface area (Å²) in [7, 11) is 0. The van der Waals surface area contributed by atoms with E-state index in [0.29, 0.717) is 0 Å². The molecule has 0 rings (SSSR count). The van der Waals surface area contributed by atoms with Crippen LogP contribution in [0.4, 0.5) is 0 Å². The SMILES string of the molecule is CCOCCCNC(C)CO. The molecular weight excluding hydrogens is 142 g/mol. The smallest absolute Gasteiger partial charge is 0.0581 e. The van der Waals surface area contributed by atoms with Crippen LogP contribution in [0.5, 0.6) is 0 Å². The van der Waals surface area contributed by atoms with Crippen molar-refractivity contribution in [1.29, 1.82) is 0 Å². The van der Waals surface area contributed by atoms with Crippen LogP contribution in [0.1, 0.15) is 20.3 Å². The van der Waals surface area contributed by atoms with Crippen LogP contribution in [0, 0.1) is 0 Å². The maximum absolute atomic E-state index is 8.64. The molecule has 2 N–H and O–H groups in total. The summed E-state index contributed by atoms with van der Waals surface area (Å²) in [5.74, 6) is 0. The van der Waals surface area contributed by atoms with Gasteiger partial charge in [0.2, 0.25) is 0 Å². The monoisotopic (exact) mass is 161 g/mol. The third kappa shape index (κ3) is 7.78. The molecule has 11 heavy (non-hydrogen) atoms. The van der Waals surface area contributed by atoms with Gasteiger partial charge in [-0.2, -0.15) is 0 Å². The number of nitrogens with one attached hydrogen (secondary N) is 1. The number of rotatable bonds is 7. The van der Waals surface area contributed by atoms with Crippen LogP contribution in [-0.2, 0) is 4.74 Å². The first kappa shape index (κ1) is 10.9. The van der Waals surface area contributed by atoms with E-state index in [-0.39, 0.29) is 12.6 Å². The van der Waals surface area contributed by atoms with Crippen molar-refractivity contribution in [2.75, 3.05) is 26.4 Å². The maximum atomic E-state index is 8.64. The minimum Gasteiger partial charge on any atom is -0.395 e. The summed E-state index contributed by atoms with van der Waals surface area (Å²) in [5.41, 5.74) is 0. The van der Waals surface area contributed by atoms with E-state index in [9.17, 15) is 0 Å². The second kappa shape index (κ2) is 7.98. The Morgan fingerprint density at radius 2 is 2.27 bits per heavy atom. The van der Waals surface area contributed by atoms with Gasteiger partial charge in [0, 0.05) is 19.3 Å². The second-order valence-corrected chi connectivity index (χ2v) is 2.59. The molecule has 1 unspecified atom stereocenters. The topological polar surface area (TPSA) is 41.5 Å². The Kier molecular flexibility index (Phi) is 7.89. The Bertz CT molecular complexity index is 78.5. The highest BCUT2D eigenvalue weighted by molar-refractivity contribution is 4.56. The lowest BCUT2D eigenvalue weighted by Gasteiger charge is -2.09. The fraction of sp³-hybridized carbons (Fsp3) is 1.00. The van der Waals surface area contributed by atoms with Crippen LogP contribution in [0.25, 0.3) is 0 Å².